The second kappa shape index (κ2) is 8.02. The largest absolute Gasteiger partial charge is 0.417 e. The molecule has 0 aliphatic heterocycles. The molecule has 2 aromatic heterocycles. The number of pyridine rings is 1. The third kappa shape index (κ3) is 5.05. The summed E-state index contributed by atoms with van der Waals surface area (Å²) in [5, 5.41) is 12.4. The van der Waals surface area contributed by atoms with Crippen molar-refractivity contribution < 1.29 is 30.9 Å². The van der Waals surface area contributed by atoms with E-state index in [1.54, 1.807) is 18.2 Å². The molecular formula is C18H11F6N5O. The number of alkyl halides is 6. The highest BCUT2D eigenvalue weighted by Crippen LogP contribution is 2.35. The van der Waals surface area contributed by atoms with Crippen LogP contribution in [0.5, 0.6) is 0 Å². The van der Waals surface area contributed by atoms with Crippen LogP contribution >= 0.6 is 0 Å². The summed E-state index contributed by atoms with van der Waals surface area (Å²) >= 11 is 0. The van der Waals surface area contributed by atoms with Gasteiger partial charge in [0.05, 0.1) is 23.7 Å². The Labute approximate surface area is 165 Å². The quantitative estimate of drug-likeness (QED) is 0.555. The van der Waals surface area contributed by atoms with Crippen LogP contribution in [0.1, 0.15) is 17.0 Å². The summed E-state index contributed by atoms with van der Waals surface area (Å²) in [4.78, 5) is 8.54. The van der Waals surface area contributed by atoms with Crippen LogP contribution in [0.25, 0.3) is 11.6 Å². The van der Waals surface area contributed by atoms with Gasteiger partial charge in [0.25, 0.3) is 5.89 Å². The number of benzene rings is 1. The monoisotopic (exact) mass is 427 g/mol. The first-order chi connectivity index (χ1) is 14.1. The van der Waals surface area contributed by atoms with Crippen LogP contribution < -0.4 is 4.90 Å². The zero-order valence-electron chi connectivity index (χ0n) is 14.9. The molecule has 0 fully saturated rings. The Kier molecular flexibility index (Phi) is 5.64. The summed E-state index contributed by atoms with van der Waals surface area (Å²) in [7, 11) is 0. The highest BCUT2D eigenvalue weighted by atomic mass is 19.4. The van der Waals surface area contributed by atoms with E-state index in [-0.39, 0.29) is 17.4 Å². The number of nitrogens with zero attached hydrogens (tertiary/aromatic N) is 5. The van der Waals surface area contributed by atoms with Crippen molar-refractivity contribution >= 4 is 5.69 Å². The van der Waals surface area contributed by atoms with Gasteiger partial charge in [0.15, 0.2) is 5.82 Å². The maximum atomic E-state index is 13.2. The molecule has 6 nitrogen and oxygen atoms in total. The van der Waals surface area contributed by atoms with E-state index in [0.29, 0.717) is 11.0 Å². The van der Waals surface area contributed by atoms with Crippen molar-refractivity contribution in [2.45, 2.75) is 18.9 Å². The number of rotatable bonds is 5. The summed E-state index contributed by atoms with van der Waals surface area (Å²) in [6.07, 6.45) is -8.19. The second-order valence-electron chi connectivity index (χ2n) is 6.04. The van der Waals surface area contributed by atoms with Crippen LogP contribution in [-0.2, 0) is 12.7 Å². The molecule has 0 spiro atoms. The standard InChI is InChI=1S/C18H11F6N5O/c19-17(20,21)10-29(12-5-4-11(8-25)13(7-12)18(22,23)24)9-15-27-16(30-28-15)14-3-1-2-6-26-14/h1-7H,9-10H2. The number of hydrogen-bond acceptors (Lipinski definition) is 6. The van der Waals surface area contributed by atoms with Crippen LogP contribution in [0.4, 0.5) is 32.0 Å². The summed E-state index contributed by atoms with van der Waals surface area (Å²) in [6, 6.07) is 8.50. The minimum absolute atomic E-state index is 0.0478. The summed E-state index contributed by atoms with van der Waals surface area (Å²) in [6.45, 7) is -2.15. The number of aromatic nitrogens is 3. The van der Waals surface area contributed by atoms with E-state index >= 15 is 0 Å². The minimum atomic E-state index is -4.91. The third-order valence-corrected chi connectivity index (χ3v) is 3.85. The van der Waals surface area contributed by atoms with E-state index in [4.69, 9.17) is 9.78 Å². The average molecular weight is 427 g/mol. The van der Waals surface area contributed by atoms with Crippen molar-refractivity contribution in [2.24, 2.45) is 0 Å². The molecule has 1 aromatic carbocycles. The fourth-order valence-electron chi connectivity index (χ4n) is 2.60. The van der Waals surface area contributed by atoms with E-state index in [9.17, 15) is 26.3 Å². The Morgan fingerprint density at radius 1 is 1.07 bits per heavy atom. The Morgan fingerprint density at radius 3 is 2.43 bits per heavy atom. The zero-order chi connectivity index (χ0) is 21.9. The molecular weight excluding hydrogens is 416 g/mol. The third-order valence-electron chi connectivity index (χ3n) is 3.85. The maximum Gasteiger partial charge on any atom is 0.417 e. The lowest BCUT2D eigenvalue weighted by atomic mass is 10.1. The van der Waals surface area contributed by atoms with Crippen LogP contribution in [0.2, 0.25) is 0 Å². The predicted molar refractivity (Wildman–Crippen MR) is 90.8 cm³/mol. The molecule has 0 aliphatic rings. The van der Waals surface area contributed by atoms with Gasteiger partial charge in [-0.25, -0.2) is 0 Å². The molecule has 0 unspecified atom stereocenters. The molecule has 0 atom stereocenters. The lowest BCUT2D eigenvalue weighted by molar-refractivity contribution is -0.137. The van der Waals surface area contributed by atoms with Gasteiger partial charge in [0.1, 0.15) is 12.2 Å². The molecule has 0 bridgehead atoms. The Hall–Kier alpha value is -3.62. The first-order valence-electron chi connectivity index (χ1n) is 8.24. The fourth-order valence-corrected chi connectivity index (χ4v) is 2.60. The Bertz CT molecular complexity index is 1060. The Morgan fingerprint density at radius 2 is 1.83 bits per heavy atom. The molecule has 0 saturated heterocycles. The fraction of sp³-hybridized carbons (Fsp3) is 0.222. The van der Waals surface area contributed by atoms with Gasteiger partial charge in [-0.05, 0) is 30.3 Å². The molecule has 12 heteroatoms. The van der Waals surface area contributed by atoms with E-state index in [0.717, 1.165) is 12.1 Å². The molecule has 3 rings (SSSR count). The van der Waals surface area contributed by atoms with Gasteiger partial charge in [0, 0.05) is 11.9 Å². The van der Waals surface area contributed by atoms with Crippen molar-refractivity contribution in [3.8, 4) is 17.7 Å². The number of nitriles is 1. The smallest absolute Gasteiger partial charge is 0.355 e. The van der Waals surface area contributed by atoms with E-state index < -0.39 is 42.3 Å². The normalized spacial score (nSPS) is 11.9. The van der Waals surface area contributed by atoms with Crippen LogP contribution in [0.15, 0.2) is 47.1 Å². The predicted octanol–water partition coefficient (Wildman–Crippen LogP) is 4.59. The minimum Gasteiger partial charge on any atom is -0.355 e. The van der Waals surface area contributed by atoms with Crippen LogP contribution in [-0.4, -0.2) is 27.8 Å². The van der Waals surface area contributed by atoms with E-state index in [1.165, 1.54) is 12.3 Å². The average Bonchev–Trinajstić information content (AvgIpc) is 3.14. The lowest BCUT2D eigenvalue weighted by Crippen LogP contribution is -2.34. The van der Waals surface area contributed by atoms with Gasteiger partial charge in [0.2, 0.25) is 0 Å². The molecule has 30 heavy (non-hydrogen) atoms. The summed E-state index contributed by atoms with van der Waals surface area (Å²) in [5.41, 5.74) is -2.15. The van der Waals surface area contributed by atoms with Crippen molar-refractivity contribution in [1.29, 1.82) is 5.26 Å². The van der Waals surface area contributed by atoms with Gasteiger partial charge < -0.3 is 9.42 Å². The number of hydrogen-bond donors (Lipinski definition) is 0. The van der Waals surface area contributed by atoms with Crippen LogP contribution in [0, 0.1) is 11.3 Å². The topological polar surface area (TPSA) is 78.8 Å². The molecule has 0 N–H and O–H groups in total. The molecule has 0 radical (unpaired) electrons. The lowest BCUT2D eigenvalue weighted by Gasteiger charge is -2.25. The number of halogens is 6. The maximum absolute atomic E-state index is 13.2. The molecule has 0 amide bonds. The van der Waals surface area contributed by atoms with Gasteiger partial charge in [-0.15, -0.1) is 0 Å². The van der Waals surface area contributed by atoms with E-state index in [1.807, 2.05) is 0 Å². The van der Waals surface area contributed by atoms with Gasteiger partial charge >= 0.3 is 12.4 Å². The van der Waals surface area contributed by atoms with Crippen molar-refractivity contribution in [2.75, 3.05) is 11.4 Å². The molecule has 3 aromatic rings. The highest BCUT2D eigenvalue weighted by molar-refractivity contribution is 5.55. The summed E-state index contributed by atoms with van der Waals surface area (Å²) < 4.78 is 83.7. The van der Waals surface area contributed by atoms with Crippen molar-refractivity contribution in [3.63, 3.8) is 0 Å². The number of anilines is 1. The van der Waals surface area contributed by atoms with E-state index in [2.05, 4.69) is 15.1 Å². The molecule has 2 heterocycles. The first-order valence-corrected chi connectivity index (χ1v) is 8.24. The van der Waals surface area contributed by atoms with Crippen molar-refractivity contribution in [1.82, 2.24) is 15.1 Å². The molecule has 0 saturated carbocycles. The molecule has 0 aliphatic carbocycles. The summed E-state index contributed by atoms with van der Waals surface area (Å²) in [5.74, 6) is -0.230. The highest BCUT2D eigenvalue weighted by Gasteiger charge is 2.36. The Balaban J connectivity index is 1.95. The second-order valence-corrected chi connectivity index (χ2v) is 6.04. The van der Waals surface area contributed by atoms with Crippen molar-refractivity contribution in [3.05, 3.63) is 59.5 Å². The zero-order valence-corrected chi connectivity index (χ0v) is 14.9. The van der Waals surface area contributed by atoms with Gasteiger partial charge in [-0.1, -0.05) is 11.2 Å². The van der Waals surface area contributed by atoms with Crippen LogP contribution in [0.3, 0.4) is 0 Å². The SMILES string of the molecule is N#Cc1ccc(N(Cc2noc(-c3ccccn3)n2)CC(F)(F)F)cc1C(F)(F)F. The molecule has 156 valence electrons. The first kappa shape index (κ1) is 21.1. The van der Waals surface area contributed by atoms with Gasteiger partial charge in [-0.2, -0.15) is 36.6 Å². The van der Waals surface area contributed by atoms with Gasteiger partial charge in [-0.3, -0.25) is 4.98 Å².